The van der Waals surface area contributed by atoms with Gasteiger partial charge in [-0.1, -0.05) is 37.3 Å². The molecule has 0 aromatic heterocycles. The quantitative estimate of drug-likeness (QED) is 0.613. The number of nitrogens with two attached hydrogens (primary N) is 1. The molecule has 6 heteroatoms. The molecule has 5 nitrogen and oxygen atoms in total. The van der Waals surface area contributed by atoms with Crippen molar-refractivity contribution in [3.05, 3.63) is 35.9 Å². The van der Waals surface area contributed by atoms with E-state index in [0.717, 1.165) is 5.56 Å². The van der Waals surface area contributed by atoms with Crippen LogP contribution in [0.1, 0.15) is 25.8 Å². The number of carbonyl (C=O) groups is 2. The standard InChI is InChI=1S/C14H20N2O3.ClH/c1-3-12(15)14(18)19-13(17)10(2)16-9-11-7-5-4-6-8-11;/h4-8,10,12,16H,3,9,15H2,1-2H3;1H/t10-,12+;/m0./s1. The molecule has 0 radical (unpaired) electrons. The van der Waals surface area contributed by atoms with Gasteiger partial charge in [0.15, 0.2) is 0 Å². The number of carbonyl (C=O) groups excluding carboxylic acids is 2. The maximum atomic E-state index is 11.6. The first-order valence-corrected chi connectivity index (χ1v) is 6.33. The van der Waals surface area contributed by atoms with Crippen molar-refractivity contribution in [2.24, 2.45) is 5.73 Å². The van der Waals surface area contributed by atoms with Crippen LogP contribution in [0.2, 0.25) is 0 Å². The zero-order valence-electron chi connectivity index (χ0n) is 11.7. The molecule has 0 heterocycles. The summed E-state index contributed by atoms with van der Waals surface area (Å²) in [7, 11) is 0. The molecule has 0 spiro atoms. The molecular formula is C14H21ClN2O3. The molecule has 3 N–H and O–H groups in total. The summed E-state index contributed by atoms with van der Waals surface area (Å²) in [6.07, 6.45) is 0.442. The monoisotopic (exact) mass is 300 g/mol. The van der Waals surface area contributed by atoms with Gasteiger partial charge in [0.2, 0.25) is 0 Å². The SMILES string of the molecule is CC[C@@H](N)C(=O)OC(=O)[C@H](C)NCc1ccccc1.Cl. The predicted octanol–water partition coefficient (Wildman–Crippen LogP) is 1.39. The Kier molecular flexibility index (Phi) is 8.79. The molecule has 0 aliphatic rings. The van der Waals surface area contributed by atoms with Gasteiger partial charge in [-0.25, -0.2) is 9.59 Å². The van der Waals surface area contributed by atoms with E-state index in [1.165, 1.54) is 0 Å². The van der Waals surface area contributed by atoms with Gasteiger partial charge < -0.3 is 15.8 Å². The van der Waals surface area contributed by atoms with Crippen molar-refractivity contribution in [2.75, 3.05) is 0 Å². The van der Waals surface area contributed by atoms with Crippen molar-refractivity contribution < 1.29 is 14.3 Å². The fraction of sp³-hybridized carbons (Fsp3) is 0.429. The van der Waals surface area contributed by atoms with Gasteiger partial charge in [0, 0.05) is 6.54 Å². The number of hydrogen-bond donors (Lipinski definition) is 2. The number of halogens is 1. The van der Waals surface area contributed by atoms with Gasteiger partial charge >= 0.3 is 11.9 Å². The summed E-state index contributed by atoms with van der Waals surface area (Å²) in [5, 5.41) is 2.99. The Bertz CT molecular complexity index is 426. The molecule has 0 bridgehead atoms. The summed E-state index contributed by atoms with van der Waals surface area (Å²) in [6.45, 7) is 3.94. The average molecular weight is 301 g/mol. The highest BCUT2D eigenvalue weighted by atomic mass is 35.5. The maximum Gasteiger partial charge on any atom is 0.330 e. The van der Waals surface area contributed by atoms with Crippen molar-refractivity contribution >= 4 is 24.3 Å². The van der Waals surface area contributed by atoms with Gasteiger partial charge in [-0.3, -0.25) is 0 Å². The summed E-state index contributed by atoms with van der Waals surface area (Å²) < 4.78 is 4.69. The first-order valence-electron chi connectivity index (χ1n) is 6.33. The number of esters is 2. The summed E-state index contributed by atoms with van der Waals surface area (Å²) in [5.74, 6) is -1.29. The minimum absolute atomic E-state index is 0. The van der Waals surface area contributed by atoms with E-state index in [0.29, 0.717) is 13.0 Å². The Labute approximate surface area is 125 Å². The van der Waals surface area contributed by atoms with Gasteiger partial charge in [0.25, 0.3) is 0 Å². The Morgan fingerprint density at radius 3 is 2.40 bits per heavy atom. The largest absolute Gasteiger partial charge is 0.391 e. The lowest BCUT2D eigenvalue weighted by Crippen LogP contribution is -2.40. The average Bonchev–Trinajstić information content (AvgIpc) is 2.44. The fourth-order valence-corrected chi connectivity index (χ4v) is 1.38. The number of nitrogens with one attached hydrogen (secondary N) is 1. The van der Waals surface area contributed by atoms with Crippen molar-refractivity contribution in [3.8, 4) is 0 Å². The topological polar surface area (TPSA) is 81.4 Å². The summed E-state index contributed by atoms with van der Waals surface area (Å²) >= 11 is 0. The van der Waals surface area contributed by atoms with Crippen LogP contribution in [-0.4, -0.2) is 24.0 Å². The highest BCUT2D eigenvalue weighted by Crippen LogP contribution is 2.00. The molecule has 0 unspecified atom stereocenters. The van der Waals surface area contributed by atoms with E-state index in [-0.39, 0.29) is 12.4 Å². The van der Waals surface area contributed by atoms with E-state index in [2.05, 4.69) is 10.1 Å². The molecular weight excluding hydrogens is 280 g/mol. The third-order valence-electron chi connectivity index (χ3n) is 2.75. The predicted molar refractivity (Wildman–Crippen MR) is 79.4 cm³/mol. The Hall–Kier alpha value is -1.43. The Morgan fingerprint density at radius 1 is 1.25 bits per heavy atom. The lowest BCUT2D eigenvalue weighted by atomic mass is 10.2. The lowest BCUT2D eigenvalue weighted by Gasteiger charge is -2.14. The van der Waals surface area contributed by atoms with Crippen LogP contribution in [0.3, 0.4) is 0 Å². The van der Waals surface area contributed by atoms with Crippen LogP contribution in [0.15, 0.2) is 30.3 Å². The third kappa shape index (κ3) is 6.14. The maximum absolute atomic E-state index is 11.6. The van der Waals surface area contributed by atoms with Gasteiger partial charge in [0.1, 0.15) is 12.1 Å². The number of hydrogen-bond acceptors (Lipinski definition) is 5. The van der Waals surface area contributed by atoms with Crippen LogP contribution >= 0.6 is 12.4 Å². The highest BCUT2D eigenvalue weighted by molar-refractivity contribution is 5.90. The second-order valence-electron chi connectivity index (χ2n) is 4.34. The molecule has 1 rings (SSSR count). The third-order valence-corrected chi connectivity index (χ3v) is 2.75. The Morgan fingerprint density at radius 2 is 1.85 bits per heavy atom. The number of ether oxygens (including phenoxy) is 1. The van der Waals surface area contributed by atoms with Gasteiger partial charge in [-0.05, 0) is 18.9 Å². The van der Waals surface area contributed by atoms with Crippen LogP contribution in [0, 0.1) is 0 Å². The van der Waals surface area contributed by atoms with Crippen LogP contribution in [-0.2, 0) is 20.9 Å². The molecule has 0 amide bonds. The van der Waals surface area contributed by atoms with E-state index in [4.69, 9.17) is 5.73 Å². The second-order valence-corrected chi connectivity index (χ2v) is 4.34. The number of rotatable bonds is 6. The first-order chi connectivity index (χ1) is 9.04. The smallest absolute Gasteiger partial charge is 0.330 e. The molecule has 20 heavy (non-hydrogen) atoms. The zero-order chi connectivity index (χ0) is 14.3. The molecule has 0 aliphatic heterocycles. The zero-order valence-corrected chi connectivity index (χ0v) is 12.5. The lowest BCUT2D eigenvalue weighted by molar-refractivity contribution is -0.161. The van der Waals surface area contributed by atoms with E-state index in [9.17, 15) is 9.59 Å². The highest BCUT2D eigenvalue weighted by Gasteiger charge is 2.21. The van der Waals surface area contributed by atoms with E-state index >= 15 is 0 Å². The van der Waals surface area contributed by atoms with E-state index < -0.39 is 24.0 Å². The molecule has 1 aromatic carbocycles. The summed E-state index contributed by atoms with van der Waals surface area (Å²) in [6, 6.07) is 8.35. The Balaban J connectivity index is 0.00000361. The summed E-state index contributed by atoms with van der Waals surface area (Å²) in [5.41, 5.74) is 6.54. The van der Waals surface area contributed by atoms with Gasteiger partial charge in [0.05, 0.1) is 0 Å². The minimum atomic E-state index is -0.745. The van der Waals surface area contributed by atoms with Crippen molar-refractivity contribution in [1.29, 1.82) is 0 Å². The van der Waals surface area contributed by atoms with Crippen molar-refractivity contribution in [3.63, 3.8) is 0 Å². The van der Waals surface area contributed by atoms with E-state index in [1.807, 2.05) is 30.3 Å². The molecule has 0 fully saturated rings. The fourth-order valence-electron chi connectivity index (χ4n) is 1.38. The van der Waals surface area contributed by atoms with Crippen molar-refractivity contribution in [2.45, 2.75) is 38.9 Å². The van der Waals surface area contributed by atoms with Crippen LogP contribution in [0.4, 0.5) is 0 Å². The molecule has 0 aliphatic carbocycles. The van der Waals surface area contributed by atoms with Crippen LogP contribution in [0.25, 0.3) is 0 Å². The van der Waals surface area contributed by atoms with Crippen LogP contribution < -0.4 is 11.1 Å². The van der Waals surface area contributed by atoms with Gasteiger partial charge in [-0.15, -0.1) is 12.4 Å². The first kappa shape index (κ1) is 18.6. The normalized spacial score (nSPS) is 12.9. The molecule has 2 atom stereocenters. The van der Waals surface area contributed by atoms with Crippen molar-refractivity contribution in [1.82, 2.24) is 5.32 Å². The summed E-state index contributed by atoms with van der Waals surface area (Å²) in [4.78, 5) is 23.0. The van der Waals surface area contributed by atoms with Crippen LogP contribution in [0.5, 0.6) is 0 Å². The number of benzene rings is 1. The second kappa shape index (κ2) is 9.47. The van der Waals surface area contributed by atoms with E-state index in [1.54, 1.807) is 13.8 Å². The molecule has 1 aromatic rings. The molecule has 0 saturated carbocycles. The minimum Gasteiger partial charge on any atom is -0.391 e. The van der Waals surface area contributed by atoms with Gasteiger partial charge in [-0.2, -0.15) is 0 Å². The molecule has 112 valence electrons. The molecule has 0 saturated heterocycles.